The van der Waals surface area contributed by atoms with E-state index >= 15 is 0 Å². The maximum Gasteiger partial charge on any atom is 0.254 e. The lowest BCUT2D eigenvalue weighted by Gasteiger charge is -2.39. The van der Waals surface area contributed by atoms with Crippen LogP contribution in [0.25, 0.3) is 33.6 Å². The maximum absolute atomic E-state index is 14.5. The van der Waals surface area contributed by atoms with Gasteiger partial charge in [-0.05, 0) is 24.6 Å². The molecule has 0 bridgehead atoms. The Labute approximate surface area is 194 Å². The molecule has 1 amide bonds. The topological polar surface area (TPSA) is 114 Å². The average Bonchev–Trinajstić information content (AvgIpc) is 3.46. The quantitative estimate of drug-likeness (QED) is 0.383. The molecule has 176 valence electrons. The zero-order valence-corrected chi connectivity index (χ0v) is 18.5. The number of hydrogen-bond donors (Lipinski definition) is 2. The molecule has 1 aliphatic rings. The van der Waals surface area contributed by atoms with Crippen molar-refractivity contribution < 1.29 is 28.3 Å². The number of nitrogens with zero attached hydrogens (tertiary/aromatic N) is 3. The zero-order chi connectivity index (χ0) is 23.7. The number of aromatic nitrogens is 3. The predicted octanol–water partition coefficient (Wildman–Crippen LogP) is 3.26. The SMILES string of the molecule is COCCOc1cc2[nH]nc(-c3cc(-c4ccc(C(=O)N5CC[C@H]5CO)cc4)no3)c2cc1F. The second-order valence-corrected chi connectivity index (χ2v) is 8.02. The van der Waals surface area contributed by atoms with Crippen molar-refractivity contribution in [2.45, 2.75) is 12.5 Å². The van der Waals surface area contributed by atoms with Crippen LogP contribution in [0.15, 0.2) is 47.0 Å². The van der Waals surface area contributed by atoms with Gasteiger partial charge in [-0.3, -0.25) is 9.89 Å². The minimum atomic E-state index is -0.517. The van der Waals surface area contributed by atoms with Gasteiger partial charge in [0.2, 0.25) is 0 Å². The summed E-state index contributed by atoms with van der Waals surface area (Å²) >= 11 is 0. The number of aliphatic hydroxyl groups excluding tert-OH is 1. The van der Waals surface area contributed by atoms with Crippen LogP contribution in [0.1, 0.15) is 16.8 Å². The first kappa shape index (κ1) is 22.1. The highest BCUT2D eigenvalue weighted by atomic mass is 19.1. The first-order valence-electron chi connectivity index (χ1n) is 10.9. The Morgan fingerprint density at radius 2 is 2.09 bits per heavy atom. The third-order valence-electron chi connectivity index (χ3n) is 5.95. The summed E-state index contributed by atoms with van der Waals surface area (Å²) in [5.74, 6) is -0.137. The van der Waals surface area contributed by atoms with Crippen molar-refractivity contribution >= 4 is 16.8 Å². The number of halogens is 1. The monoisotopic (exact) mass is 466 g/mol. The van der Waals surface area contributed by atoms with E-state index in [0.29, 0.717) is 46.8 Å². The van der Waals surface area contributed by atoms with Crippen molar-refractivity contribution in [2.24, 2.45) is 0 Å². The third-order valence-corrected chi connectivity index (χ3v) is 5.95. The molecule has 10 heteroatoms. The lowest BCUT2D eigenvalue weighted by atomic mass is 10.0. The summed E-state index contributed by atoms with van der Waals surface area (Å²) in [5.41, 5.74) is 2.88. The average molecular weight is 466 g/mol. The number of amides is 1. The number of hydrogen-bond acceptors (Lipinski definition) is 7. The van der Waals surface area contributed by atoms with Crippen molar-refractivity contribution in [1.29, 1.82) is 0 Å². The van der Waals surface area contributed by atoms with E-state index in [1.54, 1.807) is 48.4 Å². The van der Waals surface area contributed by atoms with E-state index in [0.717, 1.165) is 12.0 Å². The van der Waals surface area contributed by atoms with Gasteiger partial charge in [-0.15, -0.1) is 0 Å². The lowest BCUT2D eigenvalue weighted by molar-refractivity contribution is 0.0296. The van der Waals surface area contributed by atoms with Crippen molar-refractivity contribution in [3.8, 4) is 28.5 Å². The van der Waals surface area contributed by atoms with E-state index in [9.17, 15) is 14.3 Å². The van der Waals surface area contributed by atoms with Crippen LogP contribution in [-0.2, 0) is 4.74 Å². The van der Waals surface area contributed by atoms with E-state index in [4.69, 9.17) is 14.0 Å². The number of fused-ring (bicyclic) bond motifs is 1. The van der Waals surface area contributed by atoms with Crippen molar-refractivity contribution in [3.05, 3.63) is 53.8 Å². The molecule has 0 unspecified atom stereocenters. The van der Waals surface area contributed by atoms with Gasteiger partial charge < -0.3 is 24.0 Å². The molecule has 0 aliphatic carbocycles. The number of carbonyl (C=O) groups is 1. The van der Waals surface area contributed by atoms with Crippen LogP contribution < -0.4 is 4.74 Å². The molecule has 2 aromatic carbocycles. The molecule has 4 aromatic rings. The lowest BCUT2D eigenvalue weighted by Crippen LogP contribution is -2.52. The van der Waals surface area contributed by atoms with Crippen LogP contribution in [0.5, 0.6) is 5.75 Å². The minimum absolute atomic E-state index is 0.0283. The van der Waals surface area contributed by atoms with Gasteiger partial charge in [-0.2, -0.15) is 5.10 Å². The molecule has 0 saturated carbocycles. The van der Waals surface area contributed by atoms with Crippen LogP contribution >= 0.6 is 0 Å². The summed E-state index contributed by atoms with van der Waals surface area (Å²) in [6, 6.07) is 11.5. The molecule has 1 saturated heterocycles. The van der Waals surface area contributed by atoms with Gasteiger partial charge in [-0.1, -0.05) is 17.3 Å². The second kappa shape index (κ2) is 9.24. The Kier molecular flexibility index (Phi) is 5.99. The number of ether oxygens (including phenoxy) is 2. The van der Waals surface area contributed by atoms with E-state index in [1.807, 2.05) is 0 Å². The number of benzene rings is 2. The van der Waals surface area contributed by atoms with Gasteiger partial charge >= 0.3 is 0 Å². The largest absolute Gasteiger partial charge is 0.488 e. The van der Waals surface area contributed by atoms with Crippen LogP contribution in [0, 0.1) is 5.82 Å². The third kappa shape index (κ3) is 4.02. The Hall–Kier alpha value is -3.76. The summed E-state index contributed by atoms with van der Waals surface area (Å²) in [7, 11) is 1.55. The van der Waals surface area contributed by atoms with E-state index < -0.39 is 5.82 Å². The Morgan fingerprint density at radius 3 is 2.79 bits per heavy atom. The van der Waals surface area contributed by atoms with Crippen molar-refractivity contribution in [2.75, 3.05) is 33.5 Å². The molecule has 3 heterocycles. The molecular weight excluding hydrogens is 443 g/mol. The molecule has 1 aliphatic heterocycles. The molecule has 9 nitrogen and oxygen atoms in total. The standard InChI is InChI=1S/C24H23FN4O5/c1-32-8-9-33-21-12-20-17(10-18(21)25)23(27-26-20)22-11-19(28-34-22)14-2-4-15(5-3-14)24(31)29-7-6-16(29)13-30/h2-5,10-12,16,30H,6-9,13H2,1H3,(H,26,27)/t16-/m0/s1. The normalized spacial score (nSPS) is 15.5. The smallest absolute Gasteiger partial charge is 0.254 e. The highest BCUT2D eigenvalue weighted by Crippen LogP contribution is 2.33. The first-order chi connectivity index (χ1) is 16.6. The molecule has 0 radical (unpaired) electrons. The van der Waals surface area contributed by atoms with Crippen molar-refractivity contribution in [1.82, 2.24) is 20.3 Å². The number of H-pyrrole nitrogens is 1. The summed E-state index contributed by atoms with van der Waals surface area (Å²) in [6.07, 6.45) is 0.815. The van der Waals surface area contributed by atoms with Gasteiger partial charge in [0.1, 0.15) is 18.0 Å². The fourth-order valence-corrected chi connectivity index (χ4v) is 3.92. The zero-order valence-electron chi connectivity index (χ0n) is 18.5. The minimum Gasteiger partial charge on any atom is -0.488 e. The number of nitrogens with one attached hydrogen (secondary N) is 1. The summed E-state index contributed by atoms with van der Waals surface area (Å²) in [6.45, 7) is 1.20. The first-order valence-corrected chi connectivity index (χ1v) is 10.9. The van der Waals surface area contributed by atoms with Crippen LogP contribution in [0.4, 0.5) is 4.39 Å². The van der Waals surface area contributed by atoms with Gasteiger partial charge in [0.15, 0.2) is 17.3 Å². The molecular formula is C24H23FN4O5. The Bertz CT molecular complexity index is 1310. The van der Waals surface area contributed by atoms with Gasteiger partial charge in [0.05, 0.1) is 24.8 Å². The number of methoxy groups -OCH3 is 1. The molecule has 1 fully saturated rings. The summed E-state index contributed by atoms with van der Waals surface area (Å²) < 4.78 is 30.3. The number of aromatic amines is 1. The summed E-state index contributed by atoms with van der Waals surface area (Å²) in [5, 5.41) is 21.1. The molecule has 1 atom stereocenters. The highest BCUT2D eigenvalue weighted by Gasteiger charge is 2.32. The fraction of sp³-hybridized carbons (Fsp3) is 0.292. The molecule has 5 rings (SSSR count). The number of rotatable bonds is 8. The molecule has 2 N–H and O–H groups in total. The van der Waals surface area contributed by atoms with Crippen molar-refractivity contribution in [3.63, 3.8) is 0 Å². The maximum atomic E-state index is 14.5. The number of likely N-dealkylation sites (tertiary alicyclic amines) is 1. The van der Waals surface area contributed by atoms with Crippen LogP contribution in [-0.4, -0.2) is 70.8 Å². The molecule has 2 aromatic heterocycles. The molecule has 34 heavy (non-hydrogen) atoms. The second-order valence-electron chi connectivity index (χ2n) is 8.02. The van der Waals surface area contributed by atoms with Gasteiger partial charge in [0, 0.05) is 42.3 Å². The van der Waals surface area contributed by atoms with E-state index in [-0.39, 0.29) is 30.9 Å². The Balaban J connectivity index is 1.35. The van der Waals surface area contributed by atoms with Crippen LogP contribution in [0.3, 0.4) is 0 Å². The fourth-order valence-electron chi connectivity index (χ4n) is 3.92. The number of aliphatic hydroxyl groups is 1. The Morgan fingerprint density at radius 1 is 1.26 bits per heavy atom. The van der Waals surface area contributed by atoms with E-state index in [1.165, 1.54) is 6.07 Å². The van der Waals surface area contributed by atoms with Gasteiger partial charge in [-0.25, -0.2) is 4.39 Å². The highest BCUT2D eigenvalue weighted by molar-refractivity contribution is 5.95. The number of carbonyl (C=O) groups excluding carboxylic acids is 1. The summed E-state index contributed by atoms with van der Waals surface area (Å²) in [4.78, 5) is 14.2. The van der Waals surface area contributed by atoms with E-state index in [2.05, 4.69) is 15.4 Å². The molecule has 0 spiro atoms. The van der Waals surface area contributed by atoms with Gasteiger partial charge in [0.25, 0.3) is 5.91 Å². The van der Waals surface area contributed by atoms with Crippen LogP contribution in [0.2, 0.25) is 0 Å². The predicted molar refractivity (Wildman–Crippen MR) is 121 cm³/mol.